The minimum atomic E-state index is -3.72. The highest BCUT2D eigenvalue weighted by Crippen LogP contribution is 2.28. The number of nitrogens with zero attached hydrogens (tertiary/aromatic N) is 2. The summed E-state index contributed by atoms with van der Waals surface area (Å²) in [6.45, 7) is 2.64. The largest absolute Gasteiger partial charge is 0.399 e. The molecule has 2 heterocycles. The SMILES string of the molecule is CCNc1cn(S(=O)(=O)c2ccc(N)cc2)c2ncccc12. The predicted octanol–water partition coefficient (Wildman–Crippen LogP) is 2.29. The van der Waals surface area contributed by atoms with Crippen molar-refractivity contribution in [2.75, 3.05) is 17.6 Å². The number of hydrogen-bond acceptors (Lipinski definition) is 5. The lowest BCUT2D eigenvalue weighted by atomic mass is 10.3. The fourth-order valence-corrected chi connectivity index (χ4v) is 3.62. The molecule has 0 saturated heterocycles. The Hall–Kier alpha value is -2.54. The molecule has 3 aromatic rings. The average molecular weight is 316 g/mol. The second-order valence-corrected chi connectivity index (χ2v) is 6.63. The van der Waals surface area contributed by atoms with E-state index in [1.165, 1.54) is 16.1 Å². The highest BCUT2D eigenvalue weighted by Gasteiger charge is 2.21. The minimum Gasteiger partial charge on any atom is -0.399 e. The molecular weight excluding hydrogens is 300 g/mol. The van der Waals surface area contributed by atoms with Gasteiger partial charge in [-0.2, -0.15) is 0 Å². The first-order valence-electron chi connectivity index (χ1n) is 6.85. The molecule has 0 bridgehead atoms. The molecule has 0 radical (unpaired) electrons. The van der Waals surface area contributed by atoms with Crippen LogP contribution in [0.3, 0.4) is 0 Å². The van der Waals surface area contributed by atoms with Crippen LogP contribution >= 0.6 is 0 Å². The Bertz CT molecular complexity index is 914. The minimum absolute atomic E-state index is 0.173. The van der Waals surface area contributed by atoms with E-state index >= 15 is 0 Å². The lowest BCUT2D eigenvalue weighted by Gasteiger charge is -2.06. The van der Waals surface area contributed by atoms with Crippen LogP contribution in [-0.2, 0) is 10.0 Å². The zero-order valence-electron chi connectivity index (χ0n) is 12.0. The quantitative estimate of drug-likeness (QED) is 0.721. The second-order valence-electron chi connectivity index (χ2n) is 4.82. The molecule has 22 heavy (non-hydrogen) atoms. The number of nitrogens with two attached hydrogens (primary N) is 1. The van der Waals surface area contributed by atoms with Crippen molar-refractivity contribution in [1.29, 1.82) is 0 Å². The standard InChI is InChI=1S/C15H16N4O2S/c1-2-17-14-10-19(15-13(14)4-3-9-18-15)22(20,21)12-7-5-11(16)6-8-12/h3-10,17H,2,16H2,1H3. The Kier molecular flexibility index (Phi) is 3.50. The van der Waals surface area contributed by atoms with Crippen molar-refractivity contribution in [3.8, 4) is 0 Å². The van der Waals surface area contributed by atoms with Gasteiger partial charge in [0.25, 0.3) is 10.0 Å². The zero-order chi connectivity index (χ0) is 15.7. The third kappa shape index (κ3) is 2.29. The highest BCUT2D eigenvalue weighted by atomic mass is 32.2. The number of fused-ring (bicyclic) bond motifs is 1. The molecule has 0 aliphatic heterocycles. The van der Waals surface area contributed by atoms with Gasteiger partial charge in [0.05, 0.1) is 10.6 Å². The average Bonchev–Trinajstić information content (AvgIpc) is 2.88. The van der Waals surface area contributed by atoms with E-state index in [0.717, 1.165) is 11.1 Å². The molecule has 0 fully saturated rings. The first kappa shape index (κ1) is 14.4. The van der Waals surface area contributed by atoms with Crippen LogP contribution in [0.4, 0.5) is 11.4 Å². The molecule has 0 aliphatic carbocycles. The smallest absolute Gasteiger partial charge is 0.269 e. The van der Waals surface area contributed by atoms with Crippen LogP contribution in [0.2, 0.25) is 0 Å². The van der Waals surface area contributed by atoms with E-state index in [9.17, 15) is 8.42 Å². The molecule has 114 valence electrons. The number of pyridine rings is 1. The van der Waals surface area contributed by atoms with E-state index < -0.39 is 10.0 Å². The number of rotatable bonds is 4. The van der Waals surface area contributed by atoms with E-state index in [2.05, 4.69) is 10.3 Å². The number of anilines is 2. The maximum atomic E-state index is 12.8. The monoisotopic (exact) mass is 316 g/mol. The maximum Gasteiger partial charge on any atom is 0.269 e. The summed E-state index contributed by atoms with van der Waals surface area (Å²) in [4.78, 5) is 4.39. The summed E-state index contributed by atoms with van der Waals surface area (Å²) in [6, 6.07) is 9.74. The molecule has 0 unspecified atom stereocenters. The number of nitrogen functional groups attached to an aromatic ring is 1. The van der Waals surface area contributed by atoms with Crippen LogP contribution in [0.25, 0.3) is 11.0 Å². The summed E-state index contributed by atoms with van der Waals surface area (Å²) in [5, 5.41) is 3.93. The summed E-state index contributed by atoms with van der Waals surface area (Å²) in [5.41, 5.74) is 7.27. The topological polar surface area (TPSA) is 90.0 Å². The van der Waals surface area contributed by atoms with Gasteiger partial charge in [-0.15, -0.1) is 0 Å². The van der Waals surface area contributed by atoms with Crippen molar-refractivity contribution >= 4 is 32.4 Å². The highest BCUT2D eigenvalue weighted by molar-refractivity contribution is 7.90. The maximum absolute atomic E-state index is 12.8. The summed E-state index contributed by atoms with van der Waals surface area (Å²) < 4.78 is 26.9. The van der Waals surface area contributed by atoms with Gasteiger partial charge < -0.3 is 11.1 Å². The molecule has 1 aromatic carbocycles. The first-order valence-corrected chi connectivity index (χ1v) is 8.29. The van der Waals surface area contributed by atoms with Crippen LogP contribution in [-0.4, -0.2) is 23.9 Å². The fraction of sp³-hybridized carbons (Fsp3) is 0.133. The lowest BCUT2D eigenvalue weighted by molar-refractivity contribution is 0.589. The third-order valence-electron chi connectivity index (χ3n) is 3.34. The van der Waals surface area contributed by atoms with Gasteiger partial charge in [-0.25, -0.2) is 17.4 Å². The summed E-state index contributed by atoms with van der Waals surface area (Å²) in [7, 11) is -3.72. The predicted molar refractivity (Wildman–Crippen MR) is 87.3 cm³/mol. The van der Waals surface area contributed by atoms with Crippen molar-refractivity contribution in [1.82, 2.24) is 8.96 Å². The Morgan fingerprint density at radius 2 is 1.95 bits per heavy atom. The zero-order valence-corrected chi connectivity index (χ0v) is 12.8. The third-order valence-corrected chi connectivity index (χ3v) is 5.00. The Morgan fingerprint density at radius 3 is 2.64 bits per heavy atom. The summed E-state index contributed by atoms with van der Waals surface area (Å²) in [6.07, 6.45) is 3.14. The Labute approximate surface area is 128 Å². The molecule has 0 atom stereocenters. The first-order chi connectivity index (χ1) is 10.5. The summed E-state index contributed by atoms with van der Waals surface area (Å²) in [5.74, 6) is 0. The van der Waals surface area contributed by atoms with E-state index in [0.29, 0.717) is 17.9 Å². The second kappa shape index (κ2) is 5.34. The van der Waals surface area contributed by atoms with Gasteiger partial charge >= 0.3 is 0 Å². The van der Waals surface area contributed by atoms with Gasteiger partial charge in [0.15, 0.2) is 5.65 Å². The molecule has 2 aromatic heterocycles. The van der Waals surface area contributed by atoms with E-state index in [4.69, 9.17) is 5.73 Å². The molecule has 0 amide bonds. The van der Waals surface area contributed by atoms with Crippen LogP contribution < -0.4 is 11.1 Å². The Balaban J connectivity index is 2.23. The number of nitrogens with one attached hydrogen (secondary N) is 1. The van der Waals surface area contributed by atoms with Gasteiger partial charge in [-0.05, 0) is 43.3 Å². The number of aromatic nitrogens is 2. The number of benzene rings is 1. The molecule has 0 aliphatic rings. The van der Waals surface area contributed by atoms with Gasteiger partial charge in [-0.3, -0.25) is 0 Å². The van der Waals surface area contributed by atoms with Gasteiger partial charge in [0.1, 0.15) is 0 Å². The van der Waals surface area contributed by atoms with E-state index in [1.807, 2.05) is 13.0 Å². The molecule has 6 nitrogen and oxygen atoms in total. The van der Waals surface area contributed by atoms with Crippen LogP contribution in [0.15, 0.2) is 53.7 Å². The van der Waals surface area contributed by atoms with Crippen molar-refractivity contribution in [2.45, 2.75) is 11.8 Å². The van der Waals surface area contributed by atoms with Crippen LogP contribution in [0.1, 0.15) is 6.92 Å². The molecule has 0 saturated carbocycles. The van der Waals surface area contributed by atoms with Crippen molar-refractivity contribution < 1.29 is 8.42 Å². The van der Waals surface area contributed by atoms with Crippen molar-refractivity contribution in [3.63, 3.8) is 0 Å². The summed E-state index contributed by atoms with van der Waals surface area (Å²) >= 11 is 0. The fourth-order valence-electron chi connectivity index (χ4n) is 2.30. The molecule has 0 spiro atoms. The molecule has 3 N–H and O–H groups in total. The van der Waals surface area contributed by atoms with Gasteiger partial charge in [0, 0.05) is 30.0 Å². The Morgan fingerprint density at radius 1 is 1.23 bits per heavy atom. The van der Waals surface area contributed by atoms with Crippen LogP contribution in [0, 0.1) is 0 Å². The normalized spacial score (nSPS) is 11.7. The van der Waals surface area contributed by atoms with Gasteiger partial charge in [0.2, 0.25) is 0 Å². The molecule has 7 heteroatoms. The van der Waals surface area contributed by atoms with Gasteiger partial charge in [-0.1, -0.05) is 0 Å². The van der Waals surface area contributed by atoms with Crippen molar-refractivity contribution in [2.24, 2.45) is 0 Å². The molecular formula is C15H16N4O2S. The number of hydrogen-bond donors (Lipinski definition) is 2. The van der Waals surface area contributed by atoms with Crippen LogP contribution in [0.5, 0.6) is 0 Å². The van der Waals surface area contributed by atoms with Crippen molar-refractivity contribution in [3.05, 3.63) is 48.8 Å². The van der Waals surface area contributed by atoms with E-state index in [-0.39, 0.29) is 4.90 Å². The van der Waals surface area contributed by atoms with E-state index in [1.54, 1.807) is 30.6 Å². The molecule has 3 rings (SSSR count). The lowest BCUT2D eigenvalue weighted by Crippen LogP contribution is -2.12.